The molecule has 0 bridgehead atoms. The van der Waals surface area contributed by atoms with Crippen LogP contribution >= 0.6 is 11.3 Å². The maximum absolute atomic E-state index is 15.9. The molecule has 1 N–H and O–H groups in total. The molecule has 0 unspecified atom stereocenters. The van der Waals surface area contributed by atoms with Crippen LogP contribution in [0.4, 0.5) is 25.3 Å². The van der Waals surface area contributed by atoms with Gasteiger partial charge in [0.25, 0.3) is 0 Å². The van der Waals surface area contributed by atoms with E-state index < -0.39 is 11.9 Å². The molecule has 2 saturated heterocycles. The first-order chi connectivity index (χ1) is 21.7. The number of ether oxygens (including phenoxy) is 1. The summed E-state index contributed by atoms with van der Waals surface area (Å²) in [7, 11) is 1.84. The molecule has 2 aromatic heterocycles. The van der Waals surface area contributed by atoms with Crippen LogP contribution in [0.2, 0.25) is 0 Å². The fourth-order valence-corrected chi connectivity index (χ4v) is 7.24. The van der Waals surface area contributed by atoms with Gasteiger partial charge >= 0.3 is 0 Å². The number of rotatable bonds is 6. The highest BCUT2D eigenvalue weighted by Gasteiger charge is 2.33. The number of amides is 1. The fraction of sp³-hybridized carbons (Fsp3) is 0.375. The van der Waals surface area contributed by atoms with E-state index in [1.54, 1.807) is 17.0 Å². The normalized spacial score (nSPS) is 18.6. The number of β-amino-alcohol motifs (C(OH)–C–C–N with tert-alkyl or cyclic N) is 1. The van der Waals surface area contributed by atoms with Crippen molar-refractivity contribution in [2.24, 2.45) is 0 Å². The monoisotopic (exact) mass is 631 g/mol. The number of aliphatic hydroxyl groups excluding tert-OH is 1. The maximum Gasteiger partial charge on any atom is 0.236 e. The molecule has 0 aliphatic carbocycles. The van der Waals surface area contributed by atoms with E-state index >= 15 is 4.39 Å². The van der Waals surface area contributed by atoms with Crippen LogP contribution < -0.4 is 9.80 Å². The van der Waals surface area contributed by atoms with Crippen molar-refractivity contribution in [3.05, 3.63) is 64.2 Å². The largest absolute Gasteiger partial charge is 0.389 e. The second kappa shape index (κ2) is 11.6. The summed E-state index contributed by atoms with van der Waals surface area (Å²) >= 11 is 1.21. The van der Waals surface area contributed by atoms with E-state index in [4.69, 9.17) is 9.72 Å². The van der Waals surface area contributed by atoms with Crippen LogP contribution in [0.1, 0.15) is 23.1 Å². The minimum Gasteiger partial charge on any atom is -0.389 e. The number of likely N-dealkylation sites (tertiary alicyclic amines) is 1. The molecule has 10 nitrogen and oxygen atoms in total. The molecule has 7 rings (SSSR count). The van der Waals surface area contributed by atoms with Crippen LogP contribution in [0.15, 0.2) is 36.4 Å². The predicted octanol–water partition coefficient (Wildman–Crippen LogP) is 4.02. The van der Waals surface area contributed by atoms with Crippen molar-refractivity contribution in [1.29, 1.82) is 5.26 Å². The summed E-state index contributed by atoms with van der Waals surface area (Å²) in [6.07, 6.45) is -0.431. The van der Waals surface area contributed by atoms with Crippen molar-refractivity contribution in [2.45, 2.75) is 32.3 Å². The lowest BCUT2D eigenvalue weighted by atomic mass is 10.0. The van der Waals surface area contributed by atoms with E-state index in [0.29, 0.717) is 89.6 Å². The molecule has 232 valence electrons. The first-order valence-electron chi connectivity index (χ1n) is 14.8. The van der Waals surface area contributed by atoms with Crippen LogP contribution in [0, 0.1) is 23.0 Å². The second-order valence-electron chi connectivity index (χ2n) is 11.8. The van der Waals surface area contributed by atoms with E-state index in [0.717, 1.165) is 5.56 Å². The molecule has 2 aromatic carbocycles. The molecule has 1 atom stereocenters. The number of pyridine rings is 1. The number of carbonyl (C=O) groups is 1. The van der Waals surface area contributed by atoms with Gasteiger partial charge in [0, 0.05) is 68.0 Å². The number of hydrogen-bond donors (Lipinski definition) is 1. The van der Waals surface area contributed by atoms with E-state index in [9.17, 15) is 19.6 Å². The number of nitriles is 1. The Kier molecular flexibility index (Phi) is 7.61. The molecule has 3 aliphatic heterocycles. The third-order valence-corrected chi connectivity index (χ3v) is 9.78. The van der Waals surface area contributed by atoms with Gasteiger partial charge in [0.15, 0.2) is 10.9 Å². The van der Waals surface area contributed by atoms with E-state index in [-0.39, 0.29) is 29.9 Å². The minimum atomic E-state index is -0.447. The smallest absolute Gasteiger partial charge is 0.236 e. The zero-order valence-electron chi connectivity index (χ0n) is 24.8. The topological polar surface area (TPSA) is 109 Å². The van der Waals surface area contributed by atoms with Crippen molar-refractivity contribution < 1.29 is 23.4 Å². The summed E-state index contributed by atoms with van der Waals surface area (Å²) in [6, 6.07) is 11.5. The van der Waals surface area contributed by atoms with Crippen LogP contribution in [0.5, 0.6) is 0 Å². The van der Waals surface area contributed by atoms with Gasteiger partial charge in [0.05, 0.1) is 37.2 Å². The first-order valence-corrected chi connectivity index (χ1v) is 15.6. The molecular formula is C32H31F2N7O3S. The van der Waals surface area contributed by atoms with Crippen LogP contribution in [-0.4, -0.2) is 89.2 Å². The third kappa shape index (κ3) is 5.37. The number of anilines is 3. The van der Waals surface area contributed by atoms with Crippen LogP contribution in [0.3, 0.4) is 0 Å². The van der Waals surface area contributed by atoms with Gasteiger partial charge in [-0.15, -0.1) is 0 Å². The molecule has 1 amide bonds. The number of halogens is 2. The third-order valence-electron chi connectivity index (χ3n) is 8.74. The quantitative estimate of drug-likeness (QED) is 0.338. The van der Waals surface area contributed by atoms with Crippen molar-refractivity contribution in [1.82, 2.24) is 19.8 Å². The van der Waals surface area contributed by atoms with Crippen molar-refractivity contribution in [3.8, 4) is 17.3 Å². The van der Waals surface area contributed by atoms with Gasteiger partial charge in [-0.2, -0.15) is 5.26 Å². The zero-order valence-corrected chi connectivity index (χ0v) is 25.7. The van der Waals surface area contributed by atoms with Gasteiger partial charge in [-0.25, -0.2) is 18.7 Å². The molecule has 13 heteroatoms. The van der Waals surface area contributed by atoms with Gasteiger partial charge in [-0.1, -0.05) is 11.3 Å². The highest BCUT2D eigenvalue weighted by atomic mass is 32.1. The number of carbonyl (C=O) groups excluding carboxylic acids is 1. The van der Waals surface area contributed by atoms with E-state index in [1.807, 2.05) is 18.0 Å². The van der Waals surface area contributed by atoms with Gasteiger partial charge in [0.1, 0.15) is 28.0 Å². The lowest BCUT2D eigenvalue weighted by Crippen LogP contribution is -2.58. The standard InChI is InChI=1S/C32H31F2N7O3S/c1-18-12-39(15-28(43)40-13-22(42)14-40)7-8-41(18)21-9-23-30(25(34)10-21)36-26-17-44-16-24(26)31(23)38(2)32-37-29(27(11-35)45-32)19-3-5-20(33)6-4-19/h3-6,9-10,18,22,42H,7-8,12-17H2,1-2H3/t18-/m1/s1. The Labute approximate surface area is 262 Å². The Morgan fingerprint density at radius 2 is 1.93 bits per heavy atom. The number of piperazine rings is 1. The summed E-state index contributed by atoms with van der Waals surface area (Å²) < 4.78 is 35.3. The van der Waals surface area contributed by atoms with Gasteiger partial charge in [0.2, 0.25) is 5.91 Å². The summed E-state index contributed by atoms with van der Waals surface area (Å²) in [5.74, 6) is -0.813. The molecule has 0 saturated carbocycles. The molecule has 4 aromatic rings. The number of thiazole rings is 1. The number of hydrogen-bond acceptors (Lipinski definition) is 10. The summed E-state index contributed by atoms with van der Waals surface area (Å²) in [5, 5.41) is 20.6. The van der Waals surface area contributed by atoms with E-state index in [2.05, 4.69) is 27.8 Å². The Bertz CT molecular complexity index is 1840. The van der Waals surface area contributed by atoms with E-state index in [1.165, 1.54) is 29.5 Å². The molecule has 3 aliphatic rings. The Morgan fingerprint density at radius 3 is 2.64 bits per heavy atom. The second-order valence-corrected chi connectivity index (χ2v) is 12.8. The number of benzene rings is 2. The van der Waals surface area contributed by atoms with Gasteiger partial charge in [-0.05, 0) is 43.3 Å². The lowest BCUT2D eigenvalue weighted by Gasteiger charge is -2.43. The van der Waals surface area contributed by atoms with Crippen LogP contribution in [0.25, 0.3) is 22.2 Å². The molecule has 5 heterocycles. The lowest BCUT2D eigenvalue weighted by molar-refractivity contribution is -0.142. The molecule has 0 radical (unpaired) electrons. The Hall–Kier alpha value is -4.22. The average Bonchev–Trinajstić information content (AvgIpc) is 3.66. The Morgan fingerprint density at radius 1 is 1.16 bits per heavy atom. The average molecular weight is 632 g/mol. The summed E-state index contributed by atoms with van der Waals surface area (Å²) in [6.45, 7) is 5.57. The van der Waals surface area contributed by atoms with Crippen molar-refractivity contribution in [2.75, 3.05) is 56.1 Å². The number of aromatic nitrogens is 2. The van der Waals surface area contributed by atoms with Crippen molar-refractivity contribution >= 4 is 44.7 Å². The van der Waals surface area contributed by atoms with Crippen LogP contribution in [-0.2, 0) is 22.7 Å². The van der Waals surface area contributed by atoms with Gasteiger partial charge < -0.3 is 24.5 Å². The highest BCUT2D eigenvalue weighted by molar-refractivity contribution is 7.16. The number of fused-ring (bicyclic) bond motifs is 2. The Balaban J connectivity index is 1.22. The van der Waals surface area contributed by atoms with Gasteiger partial charge in [-0.3, -0.25) is 9.69 Å². The first kappa shape index (κ1) is 29.5. The predicted molar refractivity (Wildman–Crippen MR) is 166 cm³/mol. The molecule has 45 heavy (non-hydrogen) atoms. The number of aliphatic hydroxyl groups is 1. The fourth-order valence-electron chi connectivity index (χ4n) is 6.39. The summed E-state index contributed by atoms with van der Waals surface area (Å²) in [4.78, 5) is 30.2. The molecule has 2 fully saturated rings. The molecular weight excluding hydrogens is 600 g/mol. The molecule has 0 spiro atoms. The van der Waals surface area contributed by atoms with Crippen molar-refractivity contribution in [3.63, 3.8) is 0 Å². The maximum atomic E-state index is 15.9. The SMILES string of the molecule is C[C@@H]1CN(CC(=O)N2CC(O)C2)CCN1c1cc(F)c2nc3c(c(N(C)c4nc(-c5ccc(F)cc5)c(C#N)s4)c2c1)COC3. The summed E-state index contributed by atoms with van der Waals surface area (Å²) in [5.41, 5.74) is 4.24. The number of nitrogens with zero attached hydrogens (tertiary/aromatic N) is 7. The minimum absolute atomic E-state index is 0.00713. The zero-order chi connectivity index (χ0) is 31.4. The highest BCUT2D eigenvalue weighted by Crippen LogP contribution is 2.43.